The second-order valence-corrected chi connectivity index (χ2v) is 3.82. The number of H-pyrrole nitrogens is 1. The number of aldehydes is 1. The number of carbonyl (C=O) groups is 1. The number of aliphatic hydroxyl groups excluding tert-OH is 2. The van der Waals surface area contributed by atoms with Crippen LogP contribution in [0.1, 0.15) is 23.1 Å². The number of nitrogens with one attached hydrogen (secondary N) is 1. The molecular formula is C9H11N3O6. The summed E-state index contributed by atoms with van der Waals surface area (Å²) in [5, 5.41) is 22.0. The zero-order chi connectivity index (χ0) is 13.3. The van der Waals surface area contributed by atoms with E-state index in [2.05, 4.69) is 5.10 Å². The van der Waals surface area contributed by atoms with Gasteiger partial charge in [0.15, 0.2) is 18.2 Å². The van der Waals surface area contributed by atoms with Crippen molar-refractivity contribution in [3.05, 3.63) is 26.5 Å². The molecule has 0 radical (unpaired) electrons. The van der Waals surface area contributed by atoms with Crippen LogP contribution in [0.25, 0.3) is 0 Å². The molecule has 3 N–H and O–H groups in total. The van der Waals surface area contributed by atoms with Crippen molar-refractivity contribution in [2.45, 2.75) is 24.9 Å². The first-order valence-electron chi connectivity index (χ1n) is 5.19. The smallest absolute Gasteiger partial charge is 0.347 e. The second-order valence-electron chi connectivity index (χ2n) is 3.82. The Morgan fingerprint density at radius 1 is 1.56 bits per heavy atom. The predicted octanol–water partition coefficient (Wildman–Crippen LogP) is -2.62. The molecule has 1 unspecified atom stereocenters. The highest BCUT2D eigenvalue weighted by Crippen LogP contribution is 2.26. The van der Waals surface area contributed by atoms with Gasteiger partial charge in [-0.25, -0.2) is 4.79 Å². The van der Waals surface area contributed by atoms with E-state index in [1.165, 1.54) is 0 Å². The van der Waals surface area contributed by atoms with Crippen LogP contribution in [0.5, 0.6) is 0 Å². The summed E-state index contributed by atoms with van der Waals surface area (Å²) in [6.07, 6.45) is -2.46. The maximum absolute atomic E-state index is 11.5. The van der Waals surface area contributed by atoms with E-state index in [1.807, 2.05) is 4.98 Å². The summed E-state index contributed by atoms with van der Waals surface area (Å²) in [4.78, 5) is 35.1. The van der Waals surface area contributed by atoms with Crippen LogP contribution >= 0.6 is 0 Å². The molecule has 2 heterocycles. The molecule has 0 amide bonds. The van der Waals surface area contributed by atoms with Crippen LogP contribution in [-0.4, -0.2) is 50.1 Å². The van der Waals surface area contributed by atoms with E-state index in [0.29, 0.717) is 0 Å². The molecule has 0 aliphatic carbocycles. The van der Waals surface area contributed by atoms with Crippen LogP contribution in [0.3, 0.4) is 0 Å². The summed E-state index contributed by atoms with van der Waals surface area (Å²) in [7, 11) is 0. The molecule has 18 heavy (non-hydrogen) atoms. The minimum Gasteiger partial charge on any atom is -0.394 e. The lowest BCUT2D eigenvalue weighted by Gasteiger charge is -2.12. The zero-order valence-corrected chi connectivity index (χ0v) is 9.15. The summed E-state index contributed by atoms with van der Waals surface area (Å²) < 4.78 is 5.96. The topological polar surface area (TPSA) is 135 Å². The number of carbonyl (C=O) groups excluding carboxylic acids is 1. The molecule has 1 aliphatic rings. The van der Waals surface area contributed by atoms with E-state index in [1.54, 1.807) is 0 Å². The summed E-state index contributed by atoms with van der Waals surface area (Å²) in [5.41, 5.74) is -2.19. The molecular weight excluding hydrogens is 246 g/mol. The molecule has 1 aromatic heterocycles. The van der Waals surface area contributed by atoms with Gasteiger partial charge in [0, 0.05) is 6.42 Å². The Morgan fingerprint density at radius 3 is 2.83 bits per heavy atom. The number of rotatable bonds is 3. The molecule has 2 rings (SSSR count). The number of nitrogens with zero attached hydrogens (tertiary/aromatic N) is 2. The highest BCUT2D eigenvalue weighted by Gasteiger charge is 2.35. The van der Waals surface area contributed by atoms with Gasteiger partial charge in [0.25, 0.3) is 5.56 Å². The third-order valence-electron chi connectivity index (χ3n) is 2.65. The molecule has 9 nitrogen and oxygen atoms in total. The second kappa shape index (κ2) is 4.80. The zero-order valence-electron chi connectivity index (χ0n) is 9.15. The number of hydrogen-bond acceptors (Lipinski definition) is 7. The Balaban J connectivity index is 2.38. The Hall–Kier alpha value is -1.84. The first-order valence-corrected chi connectivity index (χ1v) is 5.19. The minimum atomic E-state index is -0.944. The Bertz CT molecular complexity index is 564. The molecule has 98 valence electrons. The van der Waals surface area contributed by atoms with E-state index in [-0.39, 0.29) is 12.7 Å². The van der Waals surface area contributed by atoms with E-state index in [0.717, 1.165) is 4.68 Å². The van der Waals surface area contributed by atoms with Crippen LogP contribution in [0.15, 0.2) is 9.59 Å². The van der Waals surface area contributed by atoms with Crippen molar-refractivity contribution >= 4 is 6.29 Å². The van der Waals surface area contributed by atoms with Crippen molar-refractivity contribution in [2.75, 3.05) is 6.61 Å². The SMILES string of the molecule is O=Cc1nn(C2C[C@@H](O)[C@@H](CO)O2)c(=O)[nH]c1=O. The standard InChI is InChI=1S/C9H11N3O6/c13-2-4-8(16)10-9(17)12(11-4)7-1-5(15)6(3-14)18-7/h2,5-7,14-15H,1,3H2,(H,10,16,17)/t5-,6-,7?/m1/s1. The van der Waals surface area contributed by atoms with Crippen molar-refractivity contribution in [1.29, 1.82) is 0 Å². The quantitative estimate of drug-likeness (QED) is 0.505. The first kappa shape index (κ1) is 12.6. The van der Waals surface area contributed by atoms with Gasteiger partial charge in [-0.3, -0.25) is 14.6 Å². The van der Waals surface area contributed by atoms with Gasteiger partial charge in [0.1, 0.15) is 6.10 Å². The van der Waals surface area contributed by atoms with Crippen molar-refractivity contribution in [1.82, 2.24) is 14.8 Å². The lowest BCUT2D eigenvalue weighted by atomic mass is 10.2. The largest absolute Gasteiger partial charge is 0.394 e. The van der Waals surface area contributed by atoms with Crippen LogP contribution < -0.4 is 11.2 Å². The average molecular weight is 257 g/mol. The average Bonchev–Trinajstić information content (AvgIpc) is 2.70. The van der Waals surface area contributed by atoms with E-state index < -0.39 is 42.0 Å². The summed E-state index contributed by atoms with van der Waals surface area (Å²) >= 11 is 0. The van der Waals surface area contributed by atoms with Crippen molar-refractivity contribution < 1.29 is 19.7 Å². The molecule has 1 aliphatic heterocycles. The number of aromatic nitrogens is 3. The molecule has 1 fully saturated rings. The third-order valence-corrected chi connectivity index (χ3v) is 2.65. The molecule has 0 saturated carbocycles. The lowest BCUT2D eigenvalue weighted by molar-refractivity contribution is -0.0507. The maximum Gasteiger partial charge on any atom is 0.347 e. The van der Waals surface area contributed by atoms with Gasteiger partial charge >= 0.3 is 5.69 Å². The number of aromatic amines is 1. The molecule has 9 heteroatoms. The van der Waals surface area contributed by atoms with Crippen molar-refractivity contribution in [3.8, 4) is 0 Å². The summed E-state index contributed by atoms with van der Waals surface area (Å²) in [6.45, 7) is -0.406. The van der Waals surface area contributed by atoms with Crippen LogP contribution in [0, 0.1) is 0 Å². The van der Waals surface area contributed by atoms with Crippen molar-refractivity contribution in [3.63, 3.8) is 0 Å². The monoisotopic (exact) mass is 257 g/mol. The van der Waals surface area contributed by atoms with Crippen LogP contribution in [0.2, 0.25) is 0 Å². The molecule has 1 saturated heterocycles. The summed E-state index contributed by atoms with van der Waals surface area (Å²) in [6, 6.07) is 0. The van der Waals surface area contributed by atoms with Gasteiger partial charge in [-0.15, -0.1) is 0 Å². The van der Waals surface area contributed by atoms with E-state index >= 15 is 0 Å². The normalized spacial score (nSPS) is 27.3. The fourth-order valence-corrected chi connectivity index (χ4v) is 1.73. The minimum absolute atomic E-state index is 0.0302. The highest BCUT2D eigenvalue weighted by atomic mass is 16.5. The van der Waals surface area contributed by atoms with Gasteiger partial charge in [-0.05, 0) is 0 Å². The Kier molecular flexibility index (Phi) is 3.36. The Labute approximate surface area is 99.6 Å². The fraction of sp³-hybridized carbons (Fsp3) is 0.556. The molecule has 0 aromatic carbocycles. The maximum atomic E-state index is 11.5. The van der Waals surface area contributed by atoms with Gasteiger partial charge < -0.3 is 14.9 Å². The van der Waals surface area contributed by atoms with Crippen LogP contribution in [-0.2, 0) is 4.74 Å². The number of hydrogen-bond donors (Lipinski definition) is 3. The van der Waals surface area contributed by atoms with Gasteiger partial charge in [-0.2, -0.15) is 9.78 Å². The fourth-order valence-electron chi connectivity index (χ4n) is 1.73. The third kappa shape index (κ3) is 2.10. The molecule has 1 aromatic rings. The highest BCUT2D eigenvalue weighted by molar-refractivity contribution is 5.70. The van der Waals surface area contributed by atoms with Crippen molar-refractivity contribution in [2.24, 2.45) is 0 Å². The Morgan fingerprint density at radius 2 is 2.28 bits per heavy atom. The van der Waals surface area contributed by atoms with Gasteiger partial charge in [0.2, 0.25) is 0 Å². The lowest BCUT2D eigenvalue weighted by Crippen LogP contribution is -2.37. The molecule has 0 bridgehead atoms. The van der Waals surface area contributed by atoms with Crippen LogP contribution in [0.4, 0.5) is 0 Å². The number of aliphatic hydroxyl groups is 2. The van der Waals surface area contributed by atoms with E-state index in [4.69, 9.17) is 9.84 Å². The first-order chi connectivity index (χ1) is 8.56. The van der Waals surface area contributed by atoms with Gasteiger partial charge in [-0.1, -0.05) is 0 Å². The number of ether oxygens (including phenoxy) is 1. The predicted molar refractivity (Wildman–Crippen MR) is 56.1 cm³/mol. The summed E-state index contributed by atoms with van der Waals surface area (Å²) in [5.74, 6) is 0. The van der Waals surface area contributed by atoms with Gasteiger partial charge in [0.05, 0.1) is 12.7 Å². The molecule has 3 atom stereocenters. The molecule has 0 spiro atoms. The van der Waals surface area contributed by atoms with E-state index in [9.17, 15) is 19.5 Å².